The van der Waals surface area contributed by atoms with E-state index in [2.05, 4.69) is 4.74 Å². The molecule has 0 N–H and O–H groups in total. The van der Waals surface area contributed by atoms with E-state index in [1.54, 1.807) is 0 Å². The number of hydrogen-bond acceptors (Lipinski definition) is 5. The van der Waals surface area contributed by atoms with Gasteiger partial charge in [-0.25, -0.2) is 4.79 Å². The number of epoxide rings is 1. The van der Waals surface area contributed by atoms with Crippen molar-refractivity contribution in [2.45, 2.75) is 13.0 Å². The van der Waals surface area contributed by atoms with Crippen LogP contribution in [0.4, 0.5) is 0 Å². The van der Waals surface area contributed by atoms with Crippen molar-refractivity contribution >= 4 is 28.9 Å². The summed E-state index contributed by atoms with van der Waals surface area (Å²) in [4.78, 5) is 11.9. The van der Waals surface area contributed by atoms with E-state index in [1.165, 1.54) is 18.4 Å². The van der Waals surface area contributed by atoms with Crippen molar-refractivity contribution in [2.24, 2.45) is 0 Å². The van der Waals surface area contributed by atoms with Gasteiger partial charge in [0.05, 0.1) is 13.7 Å². The molecule has 2 heterocycles. The molecule has 1 aliphatic rings. The van der Waals surface area contributed by atoms with Gasteiger partial charge in [-0.3, -0.25) is 0 Å². The van der Waals surface area contributed by atoms with E-state index in [-0.39, 0.29) is 6.10 Å². The highest BCUT2D eigenvalue weighted by Crippen LogP contribution is 2.39. The molecule has 0 saturated carbocycles. The van der Waals surface area contributed by atoms with Crippen LogP contribution in [0.2, 0.25) is 4.34 Å². The number of carbonyl (C=O) groups excluding carboxylic acids is 1. The second-order valence-corrected chi connectivity index (χ2v) is 5.04. The minimum absolute atomic E-state index is 0.142. The van der Waals surface area contributed by atoms with Gasteiger partial charge in [-0.1, -0.05) is 11.6 Å². The number of hydrogen-bond donors (Lipinski definition) is 0. The number of esters is 1. The molecular formula is C10H11ClO4S. The van der Waals surface area contributed by atoms with Gasteiger partial charge in [0.1, 0.15) is 22.8 Å². The highest BCUT2D eigenvalue weighted by molar-refractivity contribution is 7.18. The van der Waals surface area contributed by atoms with E-state index in [9.17, 15) is 4.79 Å². The van der Waals surface area contributed by atoms with E-state index in [4.69, 9.17) is 21.1 Å². The highest BCUT2D eigenvalue weighted by Gasteiger charge is 2.27. The maximum Gasteiger partial charge on any atom is 0.351 e. The first-order chi connectivity index (χ1) is 7.63. The Hall–Kier alpha value is -0.780. The number of methoxy groups -OCH3 is 1. The molecule has 1 atom stereocenters. The molecule has 1 aromatic heterocycles. The lowest BCUT2D eigenvalue weighted by molar-refractivity contribution is 0.0601. The summed E-state index contributed by atoms with van der Waals surface area (Å²) in [5.74, 6) is 0.0871. The van der Waals surface area contributed by atoms with Crippen LogP contribution in [0.15, 0.2) is 0 Å². The van der Waals surface area contributed by atoms with E-state index < -0.39 is 5.97 Å². The van der Waals surface area contributed by atoms with Crippen LogP contribution in [0.25, 0.3) is 0 Å². The molecule has 0 aliphatic carbocycles. The normalized spacial score (nSPS) is 18.3. The largest absolute Gasteiger partial charge is 0.489 e. The lowest BCUT2D eigenvalue weighted by atomic mass is 10.3. The standard InChI is InChI=1S/C10H11ClO4S/c1-5-7(15-4-6-3-14-6)8(10(12)13-2)16-9(5)11/h6H,3-4H2,1-2H3. The Kier molecular flexibility index (Phi) is 3.37. The summed E-state index contributed by atoms with van der Waals surface area (Å²) < 4.78 is 15.8. The summed E-state index contributed by atoms with van der Waals surface area (Å²) in [6.07, 6.45) is 0.142. The molecular weight excluding hydrogens is 252 g/mol. The molecule has 0 bridgehead atoms. The zero-order chi connectivity index (χ0) is 11.7. The molecule has 0 spiro atoms. The lowest BCUT2D eigenvalue weighted by Crippen LogP contribution is -2.08. The van der Waals surface area contributed by atoms with Crippen LogP contribution in [0, 0.1) is 6.92 Å². The van der Waals surface area contributed by atoms with Crippen LogP contribution in [-0.2, 0) is 9.47 Å². The average molecular weight is 263 g/mol. The summed E-state index contributed by atoms with van der Waals surface area (Å²) in [6.45, 7) is 2.97. The second kappa shape index (κ2) is 4.61. The SMILES string of the molecule is COC(=O)c1sc(Cl)c(C)c1OCC1CO1. The van der Waals surface area contributed by atoms with Crippen LogP contribution in [0.5, 0.6) is 5.75 Å². The molecule has 0 radical (unpaired) electrons. The zero-order valence-corrected chi connectivity index (χ0v) is 10.5. The van der Waals surface area contributed by atoms with Crippen molar-refractivity contribution in [1.82, 2.24) is 0 Å². The number of halogens is 1. The Labute approximate surface area is 102 Å². The molecule has 88 valence electrons. The first-order valence-corrected chi connectivity index (χ1v) is 5.94. The van der Waals surface area contributed by atoms with Crippen LogP contribution in [0.3, 0.4) is 0 Å². The molecule has 6 heteroatoms. The van der Waals surface area contributed by atoms with Crippen LogP contribution in [0.1, 0.15) is 15.2 Å². The van der Waals surface area contributed by atoms with Gasteiger partial charge in [-0.05, 0) is 6.92 Å². The van der Waals surface area contributed by atoms with Crippen molar-refractivity contribution in [3.63, 3.8) is 0 Å². The first-order valence-electron chi connectivity index (χ1n) is 4.75. The Morgan fingerprint density at radius 1 is 1.69 bits per heavy atom. The molecule has 1 saturated heterocycles. The number of carbonyl (C=O) groups is 1. The molecule has 16 heavy (non-hydrogen) atoms. The van der Waals surface area contributed by atoms with Crippen molar-refractivity contribution in [3.05, 3.63) is 14.8 Å². The fourth-order valence-corrected chi connectivity index (χ4v) is 2.43. The van der Waals surface area contributed by atoms with Gasteiger partial charge in [0, 0.05) is 5.56 Å². The fourth-order valence-electron chi connectivity index (χ4n) is 1.21. The average Bonchev–Trinajstić information content (AvgIpc) is 3.05. The molecule has 1 aromatic rings. The van der Waals surface area contributed by atoms with Gasteiger partial charge in [0.25, 0.3) is 0 Å². The molecule has 4 nitrogen and oxygen atoms in total. The highest BCUT2D eigenvalue weighted by atomic mass is 35.5. The summed E-state index contributed by atoms with van der Waals surface area (Å²) >= 11 is 7.14. The van der Waals surface area contributed by atoms with Gasteiger partial charge in [0.2, 0.25) is 0 Å². The van der Waals surface area contributed by atoms with Crippen molar-refractivity contribution in [1.29, 1.82) is 0 Å². The summed E-state index contributed by atoms with van der Waals surface area (Å²) in [5, 5.41) is 0. The van der Waals surface area contributed by atoms with Crippen molar-refractivity contribution in [3.8, 4) is 5.75 Å². The predicted octanol–water partition coefficient (Wildman–Crippen LogP) is 2.27. The number of rotatable bonds is 4. The van der Waals surface area contributed by atoms with E-state index >= 15 is 0 Å². The Bertz CT molecular complexity index is 411. The lowest BCUT2D eigenvalue weighted by Gasteiger charge is -2.05. The van der Waals surface area contributed by atoms with Gasteiger partial charge < -0.3 is 14.2 Å². The van der Waals surface area contributed by atoms with E-state index in [1.807, 2.05) is 6.92 Å². The molecule has 2 rings (SSSR count). The quantitative estimate of drug-likeness (QED) is 0.617. The van der Waals surface area contributed by atoms with Crippen LogP contribution in [-0.4, -0.2) is 32.4 Å². The van der Waals surface area contributed by atoms with Gasteiger partial charge in [-0.2, -0.15) is 0 Å². The second-order valence-electron chi connectivity index (χ2n) is 3.42. The summed E-state index contributed by atoms with van der Waals surface area (Å²) in [6, 6.07) is 0. The van der Waals surface area contributed by atoms with Crippen molar-refractivity contribution in [2.75, 3.05) is 20.3 Å². The minimum atomic E-state index is -0.424. The molecule has 1 fully saturated rings. The van der Waals surface area contributed by atoms with Gasteiger partial charge in [-0.15, -0.1) is 11.3 Å². The van der Waals surface area contributed by atoms with E-state index in [0.717, 1.165) is 5.56 Å². The third-order valence-corrected chi connectivity index (χ3v) is 3.78. The fraction of sp³-hybridized carbons (Fsp3) is 0.500. The minimum Gasteiger partial charge on any atom is -0.489 e. The smallest absolute Gasteiger partial charge is 0.351 e. The molecule has 1 unspecified atom stereocenters. The van der Waals surface area contributed by atoms with Gasteiger partial charge in [0.15, 0.2) is 4.88 Å². The maximum atomic E-state index is 11.5. The molecule has 0 aromatic carbocycles. The predicted molar refractivity (Wildman–Crippen MR) is 60.6 cm³/mol. The molecule has 1 aliphatic heterocycles. The topological polar surface area (TPSA) is 48.1 Å². The third kappa shape index (κ3) is 2.31. The Balaban J connectivity index is 2.20. The van der Waals surface area contributed by atoms with E-state index in [0.29, 0.717) is 28.2 Å². The zero-order valence-electron chi connectivity index (χ0n) is 8.91. The van der Waals surface area contributed by atoms with Crippen molar-refractivity contribution < 1.29 is 19.0 Å². The van der Waals surface area contributed by atoms with Crippen LogP contribution >= 0.6 is 22.9 Å². The third-order valence-electron chi connectivity index (χ3n) is 2.22. The Morgan fingerprint density at radius 3 is 2.94 bits per heavy atom. The number of thiophene rings is 1. The summed E-state index contributed by atoms with van der Waals surface area (Å²) in [5.41, 5.74) is 0.771. The summed E-state index contributed by atoms with van der Waals surface area (Å²) in [7, 11) is 1.33. The first kappa shape index (κ1) is 11.7. The maximum absolute atomic E-state index is 11.5. The number of ether oxygens (including phenoxy) is 3. The Morgan fingerprint density at radius 2 is 2.38 bits per heavy atom. The van der Waals surface area contributed by atoms with Gasteiger partial charge >= 0.3 is 5.97 Å². The van der Waals surface area contributed by atoms with Crippen LogP contribution < -0.4 is 4.74 Å². The monoisotopic (exact) mass is 262 g/mol. The molecule has 0 amide bonds.